The molecule has 2 radical (unpaired) electrons. The summed E-state index contributed by atoms with van der Waals surface area (Å²) in [5, 5.41) is 0. The minimum absolute atomic E-state index is 0. The normalized spacial score (nSPS) is 14.9. The van der Waals surface area contributed by atoms with Gasteiger partial charge in [0.15, 0.2) is 5.78 Å². The Bertz CT molecular complexity index is 339. The maximum absolute atomic E-state index is 10.9. The Morgan fingerprint density at radius 3 is 2.12 bits per heavy atom. The van der Waals surface area contributed by atoms with Gasteiger partial charge in [0.05, 0.1) is 6.42 Å². The molecule has 0 spiro atoms. The van der Waals surface area contributed by atoms with Gasteiger partial charge in [-0.1, -0.05) is 42.5 Å². The number of allylic oxidation sites excluding steroid dienone is 8. The van der Waals surface area contributed by atoms with Crippen molar-refractivity contribution < 1.29 is 26.7 Å². The molecule has 0 saturated carbocycles. The predicted octanol–water partition coefficient (Wildman–Crippen LogP) is 2.16. The number of hydrogen-bond donors (Lipinski definition) is 0. The summed E-state index contributed by atoms with van der Waals surface area (Å²) < 4.78 is 0. The molecule has 0 fully saturated rings. The summed E-state index contributed by atoms with van der Waals surface area (Å²) >= 11 is 0. The van der Waals surface area contributed by atoms with Crippen LogP contribution in [0.5, 0.6) is 0 Å². The average Bonchev–Trinajstić information content (AvgIpc) is 2.95. The Morgan fingerprint density at radius 2 is 1.75 bits per heavy atom. The summed E-state index contributed by atoms with van der Waals surface area (Å²) in [7, 11) is 0. The van der Waals surface area contributed by atoms with Gasteiger partial charge >= 0.3 is 0 Å². The van der Waals surface area contributed by atoms with Gasteiger partial charge in [0.25, 0.3) is 0 Å². The Morgan fingerprint density at radius 1 is 1.06 bits per heavy atom. The molecule has 0 aromatic rings. The maximum atomic E-state index is 10.9. The van der Waals surface area contributed by atoms with Crippen LogP contribution in [0.15, 0.2) is 48.1 Å². The van der Waals surface area contributed by atoms with Gasteiger partial charge in [0.1, 0.15) is 6.29 Å². The van der Waals surface area contributed by atoms with Crippen molar-refractivity contribution in [3.05, 3.63) is 60.9 Å². The summed E-state index contributed by atoms with van der Waals surface area (Å²) in [4.78, 5) is 20.8. The Kier molecular flexibility index (Phi) is 8.41. The van der Waals surface area contributed by atoms with Crippen LogP contribution in [-0.2, 0) is 26.7 Å². The van der Waals surface area contributed by atoms with Gasteiger partial charge in [-0.2, -0.15) is 0 Å². The predicted molar refractivity (Wildman–Crippen MR) is 59.8 cm³/mol. The molecular formula is C13H12FeO2. The average molecular weight is 256 g/mol. The van der Waals surface area contributed by atoms with Crippen LogP contribution in [0, 0.1) is 12.8 Å². The van der Waals surface area contributed by atoms with Crippen LogP contribution in [0.1, 0.15) is 6.42 Å². The van der Waals surface area contributed by atoms with Crippen molar-refractivity contribution in [2.24, 2.45) is 0 Å². The molecule has 16 heavy (non-hydrogen) atoms. The van der Waals surface area contributed by atoms with Crippen LogP contribution in [-0.4, -0.2) is 12.1 Å². The van der Waals surface area contributed by atoms with Crippen LogP contribution in [0.25, 0.3) is 0 Å². The first-order chi connectivity index (χ1) is 7.34. The molecule has 0 N–H and O–H groups in total. The molecule has 2 rings (SSSR count). The van der Waals surface area contributed by atoms with Gasteiger partial charge in [-0.3, -0.25) is 4.79 Å². The number of carbonyl (C=O) groups is 2. The minimum atomic E-state index is -0.111. The molecule has 3 heteroatoms. The van der Waals surface area contributed by atoms with Crippen molar-refractivity contribution in [3.8, 4) is 0 Å². The third kappa shape index (κ3) is 5.64. The first-order valence-corrected chi connectivity index (χ1v) is 4.70. The van der Waals surface area contributed by atoms with Gasteiger partial charge < -0.3 is 4.79 Å². The van der Waals surface area contributed by atoms with E-state index in [-0.39, 0.29) is 29.3 Å². The zero-order chi connectivity index (χ0) is 10.9. The molecule has 0 unspecified atom stereocenters. The Balaban J connectivity index is 0.000000318. The van der Waals surface area contributed by atoms with Gasteiger partial charge in [-0.05, 0) is 0 Å². The van der Waals surface area contributed by atoms with Crippen molar-refractivity contribution >= 4 is 12.1 Å². The van der Waals surface area contributed by atoms with Crippen molar-refractivity contribution in [2.75, 3.05) is 0 Å². The van der Waals surface area contributed by atoms with E-state index in [1.54, 1.807) is 24.6 Å². The van der Waals surface area contributed by atoms with Crippen LogP contribution in [0.4, 0.5) is 0 Å². The zero-order valence-electron chi connectivity index (χ0n) is 8.65. The molecule has 0 saturated heterocycles. The zero-order valence-corrected chi connectivity index (χ0v) is 9.75. The molecular weight excluding hydrogens is 244 g/mol. The SMILES string of the molecule is O=CCC(=O)C1=C[CH]C=C1.[CH]1C=CC=C1.[Fe]. The standard InChI is InChI=1S/C8H7O2.C5H5.Fe/c9-6-5-8(10)7-3-1-2-4-7;1-2-4-5-3-1;/h1-4,6H,5H2;1-5H;. The van der Waals surface area contributed by atoms with Crippen LogP contribution in [0.3, 0.4) is 0 Å². The largest absolute Gasteiger partial charge is 0.303 e. The van der Waals surface area contributed by atoms with Gasteiger partial charge in [0.2, 0.25) is 0 Å². The molecule has 2 nitrogen and oxygen atoms in total. The fourth-order valence-corrected chi connectivity index (χ4v) is 1.07. The first-order valence-electron chi connectivity index (χ1n) is 4.70. The van der Waals surface area contributed by atoms with Crippen molar-refractivity contribution in [2.45, 2.75) is 6.42 Å². The Labute approximate surface area is 106 Å². The summed E-state index contributed by atoms with van der Waals surface area (Å²) in [6, 6.07) is 0. The second kappa shape index (κ2) is 9.08. The van der Waals surface area contributed by atoms with Crippen LogP contribution in [0.2, 0.25) is 0 Å². The topological polar surface area (TPSA) is 34.1 Å². The minimum Gasteiger partial charge on any atom is -0.303 e. The van der Waals surface area contributed by atoms with Crippen LogP contribution < -0.4 is 0 Å². The quantitative estimate of drug-likeness (QED) is 0.440. The van der Waals surface area contributed by atoms with Gasteiger partial charge in [-0.15, -0.1) is 0 Å². The summed E-state index contributed by atoms with van der Waals surface area (Å²) in [6.45, 7) is 0. The van der Waals surface area contributed by atoms with Gasteiger partial charge in [-0.25, -0.2) is 0 Å². The summed E-state index contributed by atoms with van der Waals surface area (Å²) in [6.07, 6.45) is 17.6. The van der Waals surface area contributed by atoms with E-state index in [9.17, 15) is 9.59 Å². The molecule has 0 heterocycles. The third-order valence-corrected chi connectivity index (χ3v) is 1.81. The molecule has 0 aliphatic heterocycles. The third-order valence-electron chi connectivity index (χ3n) is 1.81. The second-order valence-corrected chi connectivity index (χ2v) is 2.93. The number of Topliss-reactive ketones (excluding diaryl/α,β-unsaturated/α-hetero) is 1. The molecule has 84 valence electrons. The summed E-state index contributed by atoms with van der Waals surface area (Å²) in [5.74, 6) is -0.111. The number of ketones is 1. The van der Waals surface area contributed by atoms with E-state index in [0.29, 0.717) is 11.9 Å². The van der Waals surface area contributed by atoms with E-state index in [1.165, 1.54) is 0 Å². The number of hydrogen-bond acceptors (Lipinski definition) is 2. The number of carbonyl (C=O) groups excluding carboxylic acids is 2. The molecule has 0 amide bonds. The van der Waals surface area contributed by atoms with E-state index in [1.807, 2.05) is 30.7 Å². The fourth-order valence-electron chi connectivity index (χ4n) is 1.07. The second-order valence-electron chi connectivity index (χ2n) is 2.93. The van der Waals surface area contributed by atoms with E-state index in [4.69, 9.17) is 0 Å². The van der Waals surface area contributed by atoms with E-state index in [0.717, 1.165) is 0 Å². The fraction of sp³-hybridized carbons (Fsp3) is 0.0769. The van der Waals surface area contributed by atoms with E-state index < -0.39 is 0 Å². The number of rotatable bonds is 3. The molecule has 2 aliphatic rings. The van der Waals surface area contributed by atoms with Crippen LogP contribution >= 0.6 is 0 Å². The van der Waals surface area contributed by atoms with Crippen molar-refractivity contribution in [1.29, 1.82) is 0 Å². The first kappa shape index (κ1) is 14.8. The van der Waals surface area contributed by atoms with Gasteiger partial charge in [0, 0.05) is 35.5 Å². The molecule has 0 atom stereocenters. The van der Waals surface area contributed by atoms with E-state index >= 15 is 0 Å². The van der Waals surface area contributed by atoms with Crippen molar-refractivity contribution in [3.63, 3.8) is 0 Å². The number of aldehydes is 1. The molecule has 2 aliphatic carbocycles. The van der Waals surface area contributed by atoms with Crippen molar-refractivity contribution in [1.82, 2.24) is 0 Å². The molecule has 0 bridgehead atoms. The summed E-state index contributed by atoms with van der Waals surface area (Å²) in [5.41, 5.74) is 0.618. The monoisotopic (exact) mass is 256 g/mol. The smallest absolute Gasteiger partial charge is 0.169 e. The van der Waals surface area contributed by atoms with E-state index in [2.05, 4.69) is 0 Å². The molecule has 0 aromatic heterocycles. The maximum Gasteiger partial charge on any atom is 0.169 e. The molecule has 0 aromatic carbocycles. The Hall–Kier alpha value is -1.18.